The number of fused-ring (bicyclic) bond motifs is 3. The van der Waals surface area contributed by atoms with E-state index >= 15 is 0 Å². The van der Waals surface area contributed by atoms with Gasteiger partial charge in [0, 0.05) is 18.0 Å². The Morgan fingerprint density at radius 3 is 2.73 bits per heavy atom. The van der Waals surface area contributed by atoms with Crippen molar-refractivity contribution in [3.63, 3.8) is 0 Å². The van der Waals surface area contributed by atoms with Crippen molar-refractivity contribution in [3.05, 3.63) is 83.3 Å². The smallest absolute Gasteiger partial charge is 0.261 e. The van der Waals surface area contributed by atoms with Crippen LogP contribution in [0.1, 0.15) is 5.76 Å². The van der Waals surface area contributed by atoms with E-state index in [0.717, 1.165) is 5.56 Å². The maximum absolute atomic E-state index is 12.8. The topological polar surface area (TPSA) is 78.2 Å². The maximum atomic E-state index is 12.8. The van der Waals surface area contributed by atoms with Crippen molar-refractivity contribution >= 4 is 16.7 Å². The Morgan fingerprint density at radius 1 is 1.04 bits per heavy atom. The molecule has 0 fully saturated rings. The zero-order chi connectivity index (χ0) is 17.5. The van der Waals surface area contributed by atoms with Crippen molar-refractivity contribution in [2.24, 2.45) is 0 Å². The maximum Gasteiger partial charge on any atom is 0.261 e. The van der Waals surface area contributed by atoms with Crippen LogP contribution < -0.4 is 5.56 Å². The quantitative estimate of drug-likeness (QED) is 0.503. The molecule has 0 saturated carbocycles. The van der Waals surface area contributed by atoms with Crippen LogP contribution in [0.3, 0.4) is 0 Å². The van der Waals surface area contributed by atoms with Gasteiger partial charge in [-0.25, -0.2) is 4.98 Å². The van der Waals surface area contributed by atoms with Crippen LogP contribution in [0.4, 0.5) is 0 Å². The van der Waals surface area contributed by atoms with Crippen LogP contribution in [0, 0.1) is 0 Å². The zero-order valence-corrected chi connectivity index (χ0v) is 13.6. The highest BCUT2D eigenvalue weighted by atomic mass is 16.3. The molecule has 26 heavy (non-hydrogen) atoms. The van der Waals surface area contributed by atoms with E-state index in [0.29, 0.717) is 34.8 Å². The van der Waals surface area contributed by atoms with Crippen molar-refractivity contribution in [1.82, 2.24) is 24.1 Å². The minimum absolute atomic E-state index is 0.148. The SMILES string of the molecule is O=c1c2cnc3nc(-c4ccccc4)nn3c2ccn1Cc1ccco1. The second kappa shape index (κ2) is 5.66. The highest BCUT2D eigenvalue weighted by molar-refractivity contribution is 5.79. The van der Waals surface area contributed by atoms with Gasteiger partial charge in [0.25, 0.3) is 11.3 Å². The van der Waals surface area contributed by atoms with Gasteiger partial charge in [-0.05, 0) is 18.2 Å². The molecule has 0 unspecified atom stereocenters. The number of aromatic nitrogens is 5. The number of pyridine rings is 1. The van der Waals surface area contributed by atoms with Crippen LogP contribution in [-0.4, -0.2) is 24.1 Å². The Balaban J connectivity index is 1.67. The third-order valence-corrected chi connectivity index (χ3v) is 4.25. The average molecular weight is 343 g/mol. The van der Waals surface area contributed by atoms with E-state index in [1.807, 2.05) is 42.5 Å². The molecule has 0 saturated heterocycles. The standard InChI is InChI=1S/C19H13N5O2/c25-18-15-11-20-19-21-17(13-5-2-1-3-6-13)22-24(19)16(15)8-9-23(18)12-14-7-4-10-26-14/h1-11H,12H2. The highest BCUT2D eigenvalue weighted by Gasteiger charge is 2.12. The van der Waals surface area contributed by atoms with E-state index in [1.165, 1.54) is 0 Å². The van der Waals surface area contributed by atoms with Gasteiger partial charge in [0.2, 0.25) is 0 Å². The highest BCUT2D eigenvalue weighted by Crippen LogP contribution is 2.17. The first-order valence-electron chi connectivity index (χ1n) is 8.12. The van der Waals surface area contributed by atoms with E-state index in [4.69, 9.17) is 4.42 Å². The number of nitrogens with zero attached hydrogens (tertiary/aromatic N) is 5. The molecule has 4 aromatic heterocycles. The van der Waals surface area contributed by atoms with Crippen LogP contribution in [0.25, 0.3) is 28.1 Å². The number of furan rings is 1. The summed E-state index contributed by atoms with van der Waals surface area (Å²) in [4.78, 5) is 21.6. The van der Waals surface area contributed by atoms with Gasteiger partial charge in [0.15, 0.2) is 5.82 Å². The van der Waals surface area contributed by atoms with Gasteiger partial charge in [-0.3, -0.25) is 4.79 Å². The molecule has 0 radical (unpaired) electrons. The summed E-state index contributed by atoms with van der Waals surface area (Å²) in [5.74, 6) is 1.75. The first-order chi connectivity index (χ1) is 12.8. The Hall–Kier alpha value is -3.74. The summed E-state index contributed by atoms with van der Waals surface area (Å²) < 4.78 is 8.52. The Labute approximate surface area is 147 Å². The molecule has 0 N–H and O–H groups in total. The van der Waals surface area contributed by atoms with Crippen molar-refractivity contribution in [2.45, 2.75) is 6.54 Å². The van der Waals surface area contributed by atoms with Crippen LogP contribution in [-0.2, 0) is 6.54 Å². The lowest BCUT2D eigenvalue weighted by molar-refractivity contribution is 0.490. The number of rotatable bonds is 3. The first-order valence-corrected chi connectivity index (χ1v) is 8.12. The molecule has 7 heteroatoms. The van der Waals surface area contributed by atoms with Gasteiger partial charge >= 0.3 is 0 Å². The minimum atomic E-state index is -0.148. The predicted molar refractivity (Wildman–Crippen MR) is 95.8 cm³/mol. The molecule has 126 valence electrons. The third-order valence-electron chi connectivity index (χ3n) is 4.25. The van der Waals surface area contributed by atoms with Crippen molar-refractivity contribution in [3.8, 4) is 11.4 Å². The fourth-order valence-electron chi connectivity index (χ4n) is 2.96. The lowest BCUT2D eigenvalue weighted by atomic mass is 10.2. The molecule has 0 bridgehead atoms. The van der Waals surface area contributed by atoms with Crippen LogP contribution in [0.15, 0.2) is 76.4 Å². The predicted octanol–water partition coefficient (Wildman–Crippen LogP) is 2.75. The van der Waals surface area contributed by atoms with Crippen LogP contribution in [0.2, 0.25) is 0 Å². The van der Waals surface area contributed by atoms with Crippen LogP contribution in [0.5, 0.6) is 0 Å². The average Bonchev–Trinajstić information content (AvgIpc) is 3.34. The van der Waals surface area contributed by atoms with Gasteiger partial charge in [-0.2, -0.15) is 9.50 Å². The monoisotopic (exact) mass is 343 g/mol. The minimum Gasteiger partial charge on any atom is -0.467 e. The molecule has 0 amide bonds. The fourth-order valence-corrected chi connectivity index (χ4v) is 2.96. The van der Waals surface area contributed by atoms with Gasteiger partial charge in [-0.1, -0.05) is 30.3 Å². The third kappa shape index (κ3) is 2.29. The van der Waals surface area contributed by atoms with Gasteiger partial charge in [0.1, 0.15) is 5.76 Å². The second-order valence-electron chi connectivity index (χ2n) is 5.90. The number of benzene rings is 1. The Morgan fingerprint density at radius 2 is 1.92 bits per heavy atom. The summed E-state index contributed by atoms with van der Waals surface area (Å²) in [7, 11) is 0. The first kappa shape index (κ1) is 14.6. The molecule has 5 aromatic rings. The Kier molecular flexibility index (Phi) is 3.18. The fraction of sp³-hybridized carbons (Fsp3) is 0.0526. The lowest BCUT2D eigenvalue weighted by Gasteiger charge is -2.05. The molecule has 0 atom stereocenters. The number of hydrogen-bond acceptors (Lipinski definition) is 5. The molecular formula is C19H13N5O2. The van der Waals surface area contributed by atoms with Gasteiger partial charge in [-0.15, -0.1) is 5.10 Å². The van der Waals surface area contributed by atoms with Crippen molar-refractivity contribution < 1.29 is 4.42 Å². The summed E-state index contributed by atoms with van der Waals surface area (Å²) in [6, 6.07) is 15.2. The molecule has 7 nitrogen and oxygen atoms in total. The van der Waals surface area contributed by atoms with E-state index in [-0.39, 0.29) is 5.56 Å². The van der Waals surface area contributed by atoms with Crippen molar-refractivity contribution in [1.29, 1.82) is 0 Å². The number of hydrogen-bond donors (Lipinski definition) is 0. The van der Waals surface area contributed by atoms with Crippen LogP contribution >= 0.6 is 0 Å². The van der Waals surface area contributed by atoms with Gasteiger partial charge in [0.05, 0.1) is 23.7 Å². The largest absolute Gasteiger partial charge is 0.467 e. The lowest BCUT2D eigenvalue weighted by Crippen LogP contribution is -2.20. The summed E-state index contributed by atoms with van der Waals surface area (Å²) in [6.07, 6.45) is 4.87. The summed E-state index contributed by atoms with van der Waals surface area (Å²) in [5.41, 5.74) is 1.42. The van der Waals surface area contributed by atoms with Gasteiger partial charge < -0.3 is 8.98 Å². The molecule has 0 aliphatic rings. The molecule has 4 heterocycles. The molecule has 5 rings (SSSR count). The molecule has 0 aliphatic carbocycles. The van der Waals surface area contributed by atoms with Crippen molar-refractivity contribution in [2.75, 3.05) is 0 Å². The molecule has 1 aromatic carbocycles. The Bertz CT molecular complexity index is 1270. The summed E-state index contributed by atoms with van der Waals surface area (Å²) >= 11 is 0. The zero-order valence-electron chi connectivity index (χ0n) is 13.6. The van der Waals surface area contributed by atoms with E-state index in [9.17, 15) is 4.79 Å². The molecular weight excluding hydrogens is 330 g/mol. The molecule has 0 spiro atoms. The summed E-state index contributed by atoms with van der Waals surface area (Å²) in [5, 5.41) is 5.02. The normalized spacial score (nSPS) is 11.4. The van der Waals surface area contributed by atoms with E-state index in [2.05, 4.69) is 15.1 Å². The van der Waals surface area contributed by atoms with E-state index in [1.54, 1.807) is 33.8 Å². The molecule has 0 aliphatic heterocycles. The summed E-state index contributed by atoms with van der Waals surface area (Å²) in [6.45, 7) is 0.367. The second-order valence-corrected chi connectivity index (χ2v) is 5.90. The van der Waals surface area contributed by atoms with E-state index < -0.39 is 0 Å².